The van der Waals surface area contributed by atoms with E-state index in [4.69, 9.17) is 23.4 Å². The first-order valence-corrected chi connectivity index (χ1v) is 11.3. The number of carbonyl (C=O) groups is 1. The van der Waals surface area contributed by atoms with E-state index in [1.165, 1.54) is 20.3 Å². The Labute approximate surface area is 207 Å². The van der Waals surface area contributed by atoms with Gasteiger partial charge >= 0.3 is 5.63 Å². The molecule has 2 heterocycles. The normalized spacial score (nSPS) is 23.3. The molecule has 2 aromatic carbocycles. The molecule has 4 atom stereocenters. The minimum absolute atomic E-state index is 0.0158. The van der Waals surface area contributed by atoms with Crippen molar-refractivity contribution in [2.45, 2.75) is 51.0 Å². The second kappa shape index (κ2) is 9.90. The van der Waals surface area contributed by atoms with E-state index in [9.17, 15) is 19.8 Å². The summed E-state index contributed by atoms with van der Waals surface area (Å²) in [6.07, 6.45) is -4.55. The molecule has 4 rings (SSSR count). The first kappa shape index (κ1) is 25.6. The van der Waals surface area contributed by atoms with E-state index in [2.05, 4.69) is 5.32 Å². The van der Waals surface area contributed by atoms with Gasteiger partial charge in [0.1, 0.15) is 41.1 Å². The zero-order valence-corrected chi connectivity index (χ0v) is 20.6. The highest BCUT2D eigenvalue weighted by Gasteiger charge is 2.50. The van der Waals surface area contributed by atoms with Crippen LogP contribution in [0, 0.1) is 6.92 Å². The molecule has 3 N–H and O–H groups in total. The molecule has 36 heavy (non-hydrogen) atoms. The predicted octanol–water partition coefficient (Wildman–Crippen LogP) is 2.61. The number of rotatable bonds is 6. The molecule has 1 aromatic heterocycles. The molecule has 10 heteroatoms. The lowest BCUT2D eigenvalue weighted by molar-refractivity contribution is -0.306. The Morgan fingerprint density at radius 2 is 1.75 bits per heavy atom. The number of ether oxygens (including phenoxy) is 4. The Hall–Kier alpha value is -3.44. The van der Waals surface area contributed by atoms with Crippen molar-refractivity contribution >= 4 is 22.6 Å². The average Bonchev–Trinajstić information content (AvgIpc) is 2.85. The van der Waals surface area contributed by atoms with Gasteiger partial charge in [-0.2, -0.15) is 0 Å². The third-order valence-electron chi connectivity index (χ3n) is 6.24. The largest absolute Gasteiger partial charge is 0.497 e. The third kappa shape index (κ3) is 4.80. The van der Waals surface area contributed by atoms with Crippen LogP contribution < -0.4 is 20.4 Å². The molecule has 192 valence electrons. The first-order valence-electron chi connectivity index (χ1n) is 11.3. The number of aliphatic hydroxyl groups excluding tert-OH is 2. The zero-order chi connectivity index (χ0) is 26.2. The molecule has 3 aromatic rings. The summed E-state index contributed by atoms with van der Waals surface area (Å²) in [6, 6.07) is 11.2. The van der Waals surface area contributed by atoms with Crippen molar-refractivity contribution in [1.29, 1.82) is 0 Å². The van der Waals surface area contributed by atoms with Crippen LogP contribution in [0.25, 0.3) is 11.0 Å². The molecular weight excluding hydrogens is 470 g/mol. The van der Waals surface area contributed by atoms with Crippen molar-refractivity contribution in [3.8, 4) is 11.5 Å². The third-order valence-corrected chi connectivity index (χ3v) is 6.24. The van der Waals surface area contributed by atoms with Crippen LogP contribution in [0.4, 0.5) is 5.69 Å². The molecule has 1 amide bonds. The van der Waals surface area contributed by atoms with Gasteiger partial charge in [0.2, 0.25) is 6.29 Å². The van der Waals surface area contributed by atoms with Gasteiger partial charge in [-0.1, -0.05) is 0 Å². The molecule has 1 saturated heterocycles. The summed E-state index contributed by atoms with van der Waals surface area (Å²) in [7, 11) is 2.95. The molecule has 10 nitrogen and oxygen atoms in total. The number of hydrogen-bond acceptors (Lipinski definition) is 9. The molecule has 1 fully saturated rings. The number of methoxy groups -OCH3 is 2. The Morgan fingerprint density at radius 1 is 1.06 bits per heavy atom. The number of nitrogens with one attached hydrogen (secondary N) is 1. The Balaban J connectivity index is 1.58. The average molecular weight is 500 g/mol. The maximum absolute atomic E-state index is 12.6. The molecule has 0 saturated carbocycles. The van der Waals surface area contributed by atoms with Gasteiger partial charge in [-0.05, 0) is 63.2 Å². The van der Waals surface area contributed by atoms with Gasteiger partial charge in [0.25, 0.3) is 5.91 Å². The maximum Gasteiger partial charge on any atom is 0.360 e. The monoisotopic (exact) mass is 499 g/mol. The van der Waals surface area contributed by atoms with Gasteiger partial charge < -0.3 is 38.9 Å². The molecular formula is C26H29NO9. The van der Waals surface area contributed by atoms with Gasteiger partial charge in [-0.3, -0.25) is 4.79 Å². The molecule has 1 aliphatic heterocycles. The highest BCUT2D eigenvalue weighted by Crippen LogP contribution is 2.35. The fraction of sp³-hybridized carbons (Fsp3) is 0.385. The minimum Gasteiger partial charge on any atom is -0.497 e. The van der Waals surface area contributed by atoms with E-state index in [1.54, 1.807) is 57.2 Å². The summed E-state index contributed by atoms with van der Waals surface area (Å²) in [4.78, 5) is 25.2. The van der Waals surface area contributed by atoms with Crippen LogP contribution >= 0.6 is 0 Å². The summed E-state index contributed by atoms with van der Waals surface area (Å²) in [5, 5.41) is 24.1. The van der Waals surface area contributed by atoms with E-state index in [0.717, 1.165) is 0 Å². The van der Waals surface area contributed by atoms with Crippen LogP contribution in [-0.4, -0.2) is 60.5 Å². The molecule has 4 unspecified atom stereocenters. The summed E-state index contributed by atoms with van der Waals surface area (Å²) >= 11 is 0. The van der Waals surface area contributed by atoms with E-state index in [1.807, 2.05) is 0 Å². The summed E-state index contributed by atoms with van der Waals surface area (Å²) in [5.74, 6) is 0.427. The predicted molar refractivity (Wildman–Crippen MR) is 131 cm³/mol. The lowest BCUT2D eigenvalue weighted by atomic mass is 9.89. The fourth-order valence-corrected chi connectivity index (χ4v) is 4.29. The number of carbonyl (C=O) groups excluding carboxylic acids is 1. The van der Waals surface area contributed by atoms with Crippen molar-refractivity contribution in [3.05, 3.63) is 64.0 Å². The standard InChI is InChI=1S/C26H29NO9/c1-13-18(34-25-20(29)19(28)22(33-5)26(2,3)36-25)11-8-15-12-17(24(31)35-21(13)15)27-23(30)14-6-9-16(32-4)10-7-14/h6-12,19-20,22,25,28-29H,1-5H3,(H,27,30). The van der Waals surface area contributed by atoms with Crippen molar-refractivity contribution in [3.63, 3.8) is 0 Å². The molecule has 0 radical (unpaired) electrons. The maximum atomic E-state index is 12.6. The quantitative estimate of drug-likeness (QED) is 0.437. The number of aryl methyl sites for hydroxylation is 1. The van der Waals surface area contributed by atoms with E-state index in [0.29, 0.717) is 28.0 Å². The van der Waals surface area contributed by atoms with Crippen LogP contribution in [0.3, 0.4) is 0 Å². The van der Waals surface area contributed by atoms with Crippen molar-refractivity contribution in [1.82, 2.24) is 0 Å². The lowest BCUT2D eigenvalue weighted by Gasteiger charge is -2.46. The first-order chi connectivity index (χ1) is 17.1. The van der Waals surface area contributed by atoms with Gasteiger partial charge in [-0.25, -0.2) is 4.79 Å². The van der Waals surface area contributed by atoms with Crippen LogP contribution in [0.15, 0.2) is 51.7 Å². The number of hydrogen-bond donors (Lipinski definition) is 3. The van der Waals surface area contributed by atoms with Crippen LogP contribution in [0.5, 0.6) is 11.5 Å². The number of benzene rings is 2. The fourth-order valence-electron chi connectivity index (χ4n) is 4.29. The SMILES string of the molecule is COc1ccc(C(=O)Nc2cc3ccc(OC4OC(C)(C)C(OC)C(O)C4O)c(C)c3oc2=O)cc1. The zero-order valence-electron chi connectivity index (χ0n) is 20.6. The van der Waals surface area contributed by atoms with E-state index < -0.39 is 41.7 Å². The molecule has 0 bridgehead atoms. The van der Waals surface area contributed by atoms with Gasteiger partial charge in [0, 0.05) is 23.6 Å². The molecule has 0 aliphatic carbocycles. The number of aliphatic hydroxyl groups is 2. The summed E-state index contributed by atoms with van der Waals surface area (Å²) < 4.78 is 27.6. The van der Waals surface area contributed by atoms with Gasteiger partial charge in [0.05, 0.1) is 12.7 Å². The highest BCUT2D eigenvalue weighted by atomic mass is 16.7. The van der Waals surface area contributed by atoms with E-state index in [-0.39, 0.29) is 11.3 Å². The van der Waals surface area contributed by atoms with Gasteiger partial charge in [0.15, 0.2) is 0 Å². The van der Waals surface area contributed by atoms with Gasteiger partial charge in [-0.15, -0.1) is 0 Å². The topological polar surface area (TPSA) is 137 Å². The molecule has 0 spiro atoms. The van der Waals surface area contributed by atoms with Crippen molar-refractivity contribution in [2.75, 3.05) is 19.5 Å². The van der Waals surface area contributed by atoms with Crippen molar-refractivity contribution in [2.24, 2.45) is 0 Å². The van der Waals surface area contributed by atoms with Crippen LogP contribution in [0.2, 0.25) is 0 Å². The molecule has 1 aliphatic rings. The second-order valence-corrected chi connectivity index (χ2v) is 9.08. The summed E-state index contributed by atoms with van der Waals surface area (Å²) in [5.41, 5.74) is -0.612. The Morgan fingerprint density at radius 3 is 2.39 bits per heavy atom. The number of anilines is 1. The smallest absolute Gasteiger partial charge is 0.360 e. The lowest BCUT2D eigenvalue weighted by Crippen LogP contribution is -2.63. The van der Waals surface area contributed by atoms with Crippen LogP contribution in [-0.2, 0) is 9.47 Å². The second-order valence-electron chi connectivity index (χ2n) is 9.08. The summed E-state index contributed by atoms with van der Waals surface area (Å²) in [6.45, 7) is 5.13. The minimum atomic E-state index is -1.37. The van der Waals surface area contributed by atoms with Crippen molar-refractivity contribution < 1.29 is 38.4 Å². The highest BCUT2D eigenvalue weighted by molar-refractivity contribution is 6.04. The Bertz CT molecular complexity index is 1320. The number of fused-ring (bicyclic) bond motifs is 1. The Kier molecular flexibility index (Phi) is 7.05. The number of amides is 1. The van der Waals surface area contributed by atoms with E-state index >= 15 is 0 Å². The van der Waals surface area contributed by atoms with Crippen LogP contribution in [0.1, 0.15) is 29.8 Å².